The molecule has 3 aromatic heterocycles. The molecule has 0 amide bonds. The number of benzene rings is 1. The van der Waals surface area contributed by atoms with E-state index in [1.54, 1.807) is 16.7 Å². The van der Waals surface area contributed by atoms with Gasteiger partial charge in [0.25, 0.3) is 5.56 Å². The summed E-state index contributed by atoms with van der Waals surface area (Å²) in [6.07, 6.45) is 2.83. The zero-order valence-corrected chi connectivity index (χ0v) is 20.0. The average Bonchev–Trinajstić information content (AvgIpc) is 3.41. The lowest BCUT2D eigenvalue weighted by molar-refractivity contribution is 0.0563. The Bertz CT molecular complexity index is 1340. The number of thioether (sulfide) groups is 1. The van der Waals surface area contributed by atoms with E-state index in [9.17, 15) is 9.59 Å². The minimum absolute atomic E-state index is 0.0532. The highest BCUT2D eigenvalue weighted by Crippen LogP contribution is 2.30. The van der Waals surface area contributed by atoms with Gasteiger partial charge < -0.3 is 13.7 Å². The largest absolute Gasteiger partial charge is 0.463 e. The van der Waals surface area contributed by atoms with Gasteiger partial charge in [-0.1, -0.05) is 55.9 Å². The van der Waals surface area contributed by atoms with Gasteiger partial charge in [-0.2, -0.15) is 0 Å². The van der Waals surface area contributed by atoms with Gasteiger partial charge in [-0.15, -0.1) is 0 Å². The summed E-state index contributed by atoms with van der Waals surface area (Å²) >= 11 is 1.42. The van der Waals surface area contributed by atoms with Crippen molar-refractivity contribution < 1.29 is 13.9 Å². The molecule has 0 atom stereocenters. The molecule has 0 unspecified atom stereocenters. The van der Waals surface area contributed by atoms with Crippen molar-refractivity contribution in [3.8, 4) is 11.1 Å². The quantitative estimate of drug-likeness (QED) is 0.204. The van der Waals surface area contributed by atoms with Crippen molar-refractivity contribution in [2.45, 2.75) is 37.7 Å². The molecular formula is C25H27N3O4S. The normalized spacial score (nSPS) is 11.4. The van der Waals surface area contributed by atoms with Crippen molar-refractivity contribution >= 4 is 28.8 Å². The van der Waals surface area contributed by atoms with E-state index in [-0.39, 0.29) is 11.3 Å². The summed E-state index contributed by atoms with van der Waals surface area (Å²) in [5.41, 5.74) is 3.16. The van der Waals surface area contributed by atoms with E-state index in [1.807, 2.05) is 48.1 Å². The molecule has 0 N–H and O–H groups in total. The van der Waals surface area contributed by atoms with Crippen LogP contribution < -0.4 is 5.56 Å². The Morgan fingerprint density at radius 1 is 1.18 bits per heavy atom. The van der Waals surface area contributed by atoms with Crippen LogP contribution in [0.25, 0.3) is 22.2 Å². The van der Waals surface area contributed by atoms with E-state index in [0.29, 0.717) is 40.2 Å². The van der Waals surface area contributed by atoms with Crippen LogP contribution in [0, 0.1) is 5.92 Å². The first kappa shape index (κ1) is 22.9. The van der Waals surface area contributed by atoms with E-state index in [2.05, 4.69) is 13.8 Å². The van der Waals surface area contributed by atoms with Gasteiger partial charge in [0.2, 0.25) is 5.76 Å². The van der Waals surface area contributed by atoms with Gasteiger partial charge in [-0.25, -0.2) is 9.78 Å². The highest BCUT2D eigenvalue weighted by molar-refractivity contribution is 7.98. The molecule has 7 nitrogen and oxygen atoms in total. The fourth-order valence-corrected chi connectivity index (χ4v) is 4.59. The third-order valence-corrected chi connectivity index (χ3v) is 6.45. The van der Waals surface area contributed by atoms with E-state index in [1.165, 1.54) is 18.9 Å². The number of hydrogen-bond acceptors (Lipinski definition) is 6. The Balaban J connectivity index is 1.77. The Hall–Kier alpha value is -3.26. The van der Waals surface area contributed by atoms with Crippen LogP contribution in [-0.2, 0) is 24.1 Å². The maximum absolute atomic E-state index is 13.6. The SMILES string of the molecule is COC(=O)c1ccc(CSc2nc3c(-c4ccccc4)cn(C)c3c(=O)n2CCC(C)C)o1. The summed E-state index contributed by atoms with van der Waals surface area (Å²) in [5, 5.41) is 0.632. The number of rotatable bonds is 8. The number of carbonyl (C=O) groups excluding carboxylic acids is 1. The Morgan fingerprint density at radius 2 is 1.94 bits per heavy atom. The first-order chi connectivity index (χ1) is 15.9. The summed E-state index contributed by atoms with van der Waals surface area (Å²) in [4.78, 5) is 30.2. The summed E-state index contributed by atoms with van der Waals surface area (Å²) in [7, 11) is 3.20. The number of methoxy groups -OCH3 is 1. The van der Waals surface area contributed by atoms with Crippen LogP contribution in [0.1, 0.15) is 36.6 Å². The number of nitrogens with zero attached hydrogens (tertiary/aromatic N) is 3. The third-order valence-electron chi connectivity index (χ3n) is 5.45. The molecule has 0 radical (unpaired) electrons. The van der Waals surface area contributed by atoms with E-state index >= 15 is 0 Å². The van der Waals surface area contributed by atoms with Crippen LogP contribution in [0.2, 0.25) is 0 Å². The van der Waals surface area contributed by atoms with Gasteiger partial charge in [0.05, 0.1) is 12.9 Å². The van der Waals surface area contributed by atoms with Crippen LogP contribution >= 0.6 is 11.8 Å². The molecule has 0 spiro atoms. The number of aryl methyl sites for hydroxylation is 1. The van der Waals surface area contributed by atoms with Gasteiger partial charge in [-0.05, 0) is 30.0 Å². The fraction of sp³-hybridized carbons (Fsp3) is 0.320. The number of aromatic nitrogens is 3. The number of hydrogen-bond donors (Lipinski definition) is 0. The van der Waals surface area contributed by atoms with Crippen LogP contribution in [0.3, 0.4) is 0 Å². The van der Waals surface area contributed by atoms with Crippen LogP contribution in [0.5, 0.6) is 0 Å². The Kier molecular flexibility index (Phi) is 6.74. The second kappa shape index (κ2) is 9.70. The van der Waals surface area contributed by atoms with Crippen LogP contribution in [0.15, 0.2) is 63.0 Å². The monoisotopic (exact) mass is 465 g/mol. The van der Waals surface area contributed by atoms with Crippen LogP contribution in [-0.4, -0.2) is 27.2 Å². The zero-order valence-electron chi connectivity index (χ0n) is 19.2. The maximum Gasteiger partial charge on any atom is 0.373 e. The number of carbonyl (C=O) groups is 1. The maximum atomic E-state index is 13.6. The molecule has 172 valence electrons. The van der Waals surface area contributed by atoms with Crippen molar-refractivity contribution in [3.63, 3.8) is 0 Å². The van der Waals surface area contributed by atoms with Gasteiger partial charge in [0.15, 0.2) is 5.16 Å². The second-order valence-corrected chi connectivity index (χ2v) is 9.24. The molecule has 4 rings (SSSR count). The molecule has 0 aliphatic heterocycles. The molecule has 4 aromatic rings. The molecule has 3 heterocycles. The smallest absolute Gasteiger partial charge is 0.373 e. The zero-order chi connectivity index (χ0) is 23.5. The van der Waals surface area contributed by atoms with Gasteiger partial charge in [0.1, 0.15) is 16.8 Å². The highest BCUT2D eigenvalue weighted by atomic mass is 32.2. The number of ether oxygens (including phenoxy) is 1. The van der Waals surface area contributed by atoms with Crippen molar-refractivity contribution in [1.82, 2.24) is 14.1 Å². The lowest BCUT2D eigenvalue weighted by Gasteiger charge is -2.13. The van der Waals surface area contributed by atoms with Crippen LogP contribution in [0.4, 0.5) is 0 Å². The fourth-order valence-electron chi connectivity index (χ4n) is 3.68. The molecule has 1 aromatic carbocycles. The summed E-state index contributed by atoms with van der Waals surface area (Å²) in [6.45, 7) is 4.85. The van der Waals surface area contributed by atoms with E-state index < -0.39 is 5.97 Å². The predicted octanol–water partition coefficient (Wildman–Crippen LogP) is 5.12. The molecule has 0 bridgehead atoms. The number of fused-ring (bicyclic) bond motifs is 1. The number of esters is 1. The predicted molar refractivity (Wildman–Crippen MR) is 129 cm³/mol. The lowest BCUT2D eigenvalue weighted by atomic mass is 10.1. The standard InChI is InChI=1S/C25H27N3O4S/c1-16(2)12-13-28-23(29)22-21(19(14-27(22)3)17-8-6-5-7-9-17)26-25(28)33-15-18-10-11-20(32-18)24(30)31-4/h5-11,14,16H,12-13,15H2,1-4H3. The molecular weight excluding hydrogens is 438 g/mol. The van der Waals surface area contributed by atoms with E-state index in [0.717, 1.165) is 17.5 Å². The molecule has 0 aliphatic rings. The minimum Gasteiger partial charge on any atom is -0.463 e. The lowest BCUT2D eigenvalue weighted by Crippen LogP contribution is -2.25. The topological polar surface area (TPSA) is 79.3 Å². The minimum atomic E-state index is -0.517. The molecule has 0 fully saturated rings. The summed E-state index contributed by atoms with van der Waals surface area (Å²) in [6, 6.07) is 13.3. The van der Waals surface area contributed by atoms with E-state index in [4.69, 9.17) is 14.1 Å². The second-order valence-electron chi connectivity index (χ2n) is 8.30. The molecule has 8 heteroatoms. The van der Waals surface area contributed by atoms with Crippen molar-refractivity contribution in [2.24, 2.45) is 13.0 Å². The Labute approximate surface area is 196 Å². The molecule has 0 saturated carbocycles. The van der Waals surface area contributed by atoms with Crippen molar-refractivity contribution in [2.75, 3.05) is 7.11 Å². The van der Waals surface area contributed by atoms with Crippen molar-refractivity contribution in [1.29, 1.82) is 0 Å². The summed E-state index contributed by atoms with van der Waals surface area (Å²) in [5.74, 6) is 1.14. The first-order valence-electron chi connectivity index (χ1n) is 10.8. The Morgan fingerprint density at radius 3 is 2.64 bits per heavy atom. The van der Waals surface area contributed by atoms with Gasteiger partial charge in [0, 0.05) is 25.4 Å². The van der Waals surface area contributed by atoms with Gasteiger partial charge in [-0.3, -0.25) is 9.36 Å². The first-order valence-corrected chi connectivity index (χ1v) is 11.8. The number of furan rings is 1. The summed E-state index contributed by atoms with van der Waals surface area (Å²) < 4.78 is 13.9. The molecule has 0 saturated heterocycles. The molecule has 0 aliphatic carbocycles. The highest BCUT2D eigenvalue weighted by Gasteiger charge is 2.20. The third kappa shape index (κ3) is 4.75. The average molecular weight is 466 g/mol. The van der Waals surface area contributed by atoms with Gasteiger partial charge >= 0.3 is 5.97 Å². The van der Waals surface area contributed by atoms with Crippen molar-refractivity contribution in [3.05, 3.63) is 70.5 Å². The molecule has 33 heavy (non-hydrogen) atoms.